The van der Waals surface area contributed by atoms with E-state index in [1.165, 1.54) is 18.6 Å². The number of methoxy groups -OCH3 is 1. The molecule has 2 amide bonds. The summed E-state index contributed by atoms with van der Waals surface area (Å²) in [6, 6.07) is 4.71. The van der Waals surface area contributed by atoms with Crippen LogP contribution >= 0.6 is 11.3 Å². The Labute approximate surface area is 314 Å². The number of nitrogens with one attached hydrogen (secondary N) is 1. The largest absolute Gasteiger partial charge is 0.490 e. The van der Waals surface area contributed by atoms with Gasteiger partial charge in [-0.25, -0.2) is 18.2 Å². The number of nitrogens with zero attached hydrogens (tertiary/aromatic N) is 6. The number of carbonyl (C=O) groups is 2. The van der Waals surface area contributed by atoms with Gasteiger partial charge >= 0.3 is 0 Å². The van der Waals surface area contributed by atoms with Crippen molar-refractivity contribution in [3.8, 4) is 39.5 Å². The Kier molecular flexibility index (Phi) is 10.3. The zero-order chi connectivity index (χ0) is 38.4. The van der Waals surface area contributed by atoms with Crippen LogP contribution in [0.4, 0.5) is 13.2 Å². The molecule has 5 aromatic rings. The van der Waals surface area contributed by atoms with Gasteiger partial charge in [0, 0.05) is 85.6 Å². The first kappa shape index (κ1) is 37.2. The number of pyridine rings is 2. The van der Waals surface area contributed by atoms with Crippen molar-refractivity contribution in [2.45, 2.75) is 45.3 Å². The van der Waals surface area contributed by atoms with E-state index in [1.54, 1.807) is 28.9 Å². The van der Waals surface area contributed by atoms with Crippen molar-refractivity contribution in [3.05, 3.63) is 82.9 Å². The van der Waals surface area contributed by atoms with Crippen LogP contribution in [0.25, 0.3) is 43.9 Å². The van der Waals surface area contributed by atoms with Gasteiger partial charge < -0.3 is 19.7 Å². The molecule has 2 aliphatic heterocycles. The summed E-state index contributed by atoms with van der Waals surface area (Å²) in [5.74, 6) is -2.97. The van der Waals surface area contributed by atoms with E-state index in [-0.39, 0.29) is 71.6 Å². The predicted molar refractivity (Wildman–Crippen MR) is 200 cm³/mol. The van der Waals surface area contributed by atoms with Gasteiger partial charge in [0.25, 0.3) is 0 Å². The number of amides is 2. The lowest BCUT2D eigenvalue weighted by molar-refractivity contribution is -0.129. The number of benzene rings is 1. The van der Waals surface area contributed by atoms with E-state index in [9.17, 15) is 14.0 Å². The molecule has 7 rings (SSSR count). The third-order valence-electron chi connectivity index (χ3n) is 10.3. The molecular weight excluding hydrogens is 720 g/mol. The Balaban J connectivity index is 1.49. The van der Waals surface area contributed by atoms with E-state index in [0.717, 1.165) is 34.7 Å². The number of hydrogen-bond acceptors (Lipinski definition) is 9. The fraction of sp³-hybridized carbons (Fsp3) is 0.359. The molecule has 54 heavy (non-hydrogen) atoms. The van der Waals surface area contributed by atoms with Crippen molar-refractivity contribution in [3.63, 3.8) is 0 Å². The van der Waals surface area contributed by atoms with Gasteiger partial charge in [-0.1, -0.05) is 6.58 Å². The third-order valence-corrected chi connectivity index (χ3v) is 11.2. The lowest BCUT2D eigenvalue weighted by Gasteiger charge is -2.36. The molecule has 3 atom stereocenters. The smallest absolute Gasteiger partial charge is 0.246 e. The Morgan fingerprint density at radius 1 is 1.06 bits per heavy atom. The topological polar surface area (TPSA) is 115 Å². The van der Waals surface area contributed by atoms with Gasteiger partial charge in [0.1, 0.15) is 41.2 Å². The molecule has 1 aromatic carbocycles. The van der Waals surface area contributed by atoms with Crippen molar-refractivity contribution in [1.29, 1.82) is 0 Å². The number of fused-ring (bicyclic) bond motifs is 3. The summed E-state index contributed by atoms with van der Waals surface area (Å²) in [6.07, 6.45) is 3.60. The molecule has 0 aliphatic carbocycles. The van der Waals surface area contributed by atoms with Crippen LogP contribution < -0.4 is 10.1 Å². The van der Waals surface area contributed by atoms with E-state index in [4.69, 9.17) is 24.5 Å². The lowest BCUT2D eigenvalue weighted by Crippen LogP contribution is -2.42. The summed E-state index contributed by atoms with van der Waals surface area (Å²) < 4.78 is 60.7. The first-order valence-corrected chi connectivity index (χ1v) is 18.5. The van der Waals surface area contributed by atoms with Crippen LogP contribution in [-0.2, 0) is 20.7 Å². The zero-order valence-corrected chi connectivity index (χ0v) is 31.4. The molecule has 282 valence electrons. The minimum absolute atomic E-state index is 0.0284. The van der Waals surface area contributed by atoms with E-state index in [1.807, 2.05) is 26.8 Å². The standard InChI is InChI=1S/C39H40F3N7O4S/c1-7-33(51)48-17-20(2)49-30(22(48)4)15-29(46-49)38-36(34-26(41)13-24(40)14-31(34)53-11-10-52-6)35-27(42)19-54-39(35)37(45-38)23-12-25-21(3)47(18-32(50)43-5)9-8-28(25)44-16-23/h7,12-16,19-22H,1,8-11,17-18H2,2-6H3,(H,43,50)/t20-,21+,22+/m0/s1. The second kappa shape index (κ2) is 15.0. The van der Waals surface area contributed by atoms with Crippen LogP contribution in [-0.4, -0.2) is 88.4 Å². The first-order chi connectivity index (χ1) is 25.9. The molecular formula is C39H40F3N7O4S. The number of aromatic nitrogens is 4. The molecule has 0 bridgehead atoms. The third kappa shape index (κ3) is 6.54. The van der Waals surface area contributed by atoms with Gasteiger partial charge in [0.2, 0.25) is 11.8 Å². The normalized spacial score (nSPS) is 18.4. The van der Waals surface area contributed by atoms with Crippen LogP contribution in [0.5, 0.6) is 5.75 Å². The summed E-state index contributed by atoms with van der Waals surface area (Å²) >= 11 is 1.10. The van der Waals surface area contributed by atoms with Gasteiger partial charge in [0.15, 0.2) is 0 Å². The second-order valence-electron chi connectivity index (χ2n) is 13.5. The highest BCUT2D eigenvalue weighted by molar-refractivity contribution is 7.17. The molecule has 4 aromatic heterocycles. The molecule has 0 saturated carbocycles. The average Bonchev–Trinajstić information content (AvgIpc) is 3.78. The fourth-order valence-electron chi connectivity index (χ4n) is 7.44. The van der Waals surface area contributed by atoms with Crippen LogP contribution in [0.3, 0.4) is 0 Å². The van der Waals surface area contributed by atoms with Gasteiger partial charge in [-0.2, -0.15) is 5.10 Å². The van der Waals surface area contributed by atoms with Gasteiger partial charge in [0.05, 0.1) is 46.9 Å². The molecule has 2 aliphatic rings. The monoisotopic (exact) mass is 759 g/mol. The highest BCUT2D eigenvalue weighted by Gasteiger charge is 2.35. The van der Waals surface area contributed by atoms with Gasteiger partial charge in [-0.3, -0.25) is 24.2 Å². The minimum atomic E-state index is -0.973. The zero-order valence-electron chi connectivity index (χ0n) is 30.6. The average molecular weight is 760 g/mol. The maximum absolute atomic E-state index is 16.4. The number of rotatable bonds is 10. The molecule has 11 nitrogen and oxygen atoms in total. The summed E-state index contributed by atoms with van der Waals surface area (Å²) in [4.78, 5) is 38.9. The molecule has 0 radical (unpaired) electrons. The van der Waals surface area contributed by atoms with Crippen LogP contribution in [0, 0.1) is 17.5 Å². The van der Waals surface area contributed by atoms with Crippen LogP contribution in [0.1, 0.15) is 55.8 Å². The van der Waals surface area contributed by atoms with Crippen molar-refractivity contribution < 1.29 is 32.2 Å². The highest BCUT2D eigenvalue weighted by atomic mass is 32.1. The predicted octanol–water partition coefficient (Wildman–Crippen LogP) is 6.65. The molecule has 1 N–H and O–H groups in total. The maximum Gasteiger partial charge on any atom is 0.246 e. The van der Waals surface area contributed by atoms with E-state index in [2.05, 4.69) is 16.8 Å². The SMILES string of the molecule is C=CC(=O)N1C[C@H](C)n2nc(-c3nc(-c4cnc5c(c4)[C@@H](C)N(CC(=O)NC)CC5)c4scc(F)c4c3-c3c(F)cc(F)cc3OCCOC)cc2[C@H]1C. The summed E-state index contributed by atoms with van der Waals surface area (Å²) in [7, 11) is 3.08. The van der Waals surface area contributed by atoms with Crippen molar-refractivity contribution in [2.75, 3.05) is 47.0 Å². The number of hydrogen-bond donors (Lipinski definition) is 1. The molecule has 0 unspecified atom stereocenters. The van der Waals surface area contributed by atoms with E-state index in [0.29, 0.717) is 46.9 Å². The second-order valence-corrected chi connectivity index (χ2v) is 14.4. The molecule has 0 fully saturated rings. The molecule has 0 saturated heterocycles. The Morgan fingerprint density at radius 3 is 2.59 bits per heavy atom. The van der Waals surface area contributed by atoms with Crippen molar-refractivity contribution in [2.24, 2.45) is 0 Å². The molecule has 15 heteroatoms. The Morgan fingerprint density at radius 2 is 1.85 bits per heavy atom. The maximum atomic E-state index is 16.4. The highest BCUT2D eigenvalue weighted by Crippen LogP contribution is 2.49. The Hall–Kier alpha value is -5.12. The summed E-state index contributed by atoms with van der Waals surface area (Å²) in [6.45, 7) is 10.8. The number of ether oxygens (including phenoxy) is 2. The van der Waals surface area contributed by atoms with Crippen molar-refractivity contribution in [1.82, 2.24) is 34.9 Å². The van der Waals surface area contributed by atoms with Crippen LogP contribution in [0.2, 0.25) is 0 Å². The van der Waals surface area contributed by atoms with Crippen LogP contribution in [0.15, 0.2) is 48.5 Å². The number of halogens is 3. The first-order valence-electron chi connectivity index (χ1n) is 17.6. The van der Waals surface area contributed by atoms with Gasteiger partial charge in [-0.15, -0.1) is 11.3 Å². The molecule has 6 heterocycles. The van der Waals surface area contributed by atoms with E-state index < -0.39 is 23.5 Å². The van der Waals surface area contributed by atoms with Crippen molar-refractivity contribution >= 4 is 33.2 Å². The fourth-order valence-corrected chi connectivity index (χ4v) is 8.38. The molecule has 0 spiro atoms. The van der Waals surface area contributed by atoms with Gasteiger partial charge in [-0.05, 0) is 44.5 Å². The summed E-state index contributed by atoms with van der Waals surface area (Å²) in [5.41, 5.74) is 3.76. The number of likely N-dealkylation sites (N-methyl/N-ethyl adjacent to an activating group) is 1. The summed E-state index contributed by atoms with van der Waals surface area (Å²) in [5, 5.41) is 9.02. The minimum Gasteiger partial charge on any atom is -0.490 e. The quantitative estimate of drug-likeness (QED) is 0.125. The number of thiophene rings is 1. The Bertz CT molecular complexity index is 2290. The lowest BCUT2D eigenvalue weighted by atomic mass is 9.93. The number of carbonyl (C=O) groups excluding carboxylic acids is 2. The van der Waals surface area contributed by atoms with E-state index >= 15 is 8.78 Å².